The van der Waals surface area contributed by atoms with Crippen molar-refractivity contribution in [3.63, 3.8) is 0 Å². The molecule has 0 saturated carbocycles. The van der Waals surface area contributed by atoms with Gasteiger partial charge in [-0.15, -0.1) is 0 Å². The van der Waals surface area contributed by atoms with Crippen LogP contribution in [0.1, 0.15) is 48.2 Å². The SMILES string of the molecule is CC(C)CNC(=O)C(Cc1ccccc1)N(Cc1ccc(Br)cc1)C(=O)CCCN1C(=O)c2cccc3cccc1c23. The molecule has 4 aromatic rings. The van der Waals surface area contributed by atoms with Gasteiger partial charge >= 0.3 is 0 Å². The van der Waals surface area contributed by atoms with E-state index in [0.29, 0.717) is 38.0 Å². The van der Waals surface area contributed by atoms with Crippen LogP contribution in [-0.2, 0) is 22.6 Å². The first-order valence-electron chi connectivity index (χ1n) is 14.5. The Morgan fingerprint density at radius 3 is 2.31 bits per heavy atom. The Kier molecular flexibility index (Phi) is 9.38. The highest BCUT2D eigenvalue weighted by molar-refractivity contribution is 9.10. The number of hydrogen-bond acceptors (Lipinski definition) is 3. The zero-order valence-corrected chi connectivity index (χ0v) is 25.6. The van der Waals surface area contributed by atoms with Gasteiger partial charge < -0.3 is 15.1 Å². The first-order valence-corrected chi connectivity index (χ1v) is 15.3. The van der Waals surface area contributed by atoms with Gasteiger partial charge in [-0.3, -0.25) is 14.4 Å². The van der Waals surface area contributed by atoms with E-state index in [1.807, 2.05) is 91.0 Å². The number of rotatable bonds is 12. The second kappa shape index (κ2) is 13.3. The molecule has 7 heteroatoms. The molecule has 1 atom stereocenters. The van der Waals surface area contributed by atoms with E-state index in [1.54, 1.807) is 9.80 Å². The van der Waals surface area contributed by atoms with Crippen LogP contribution in [0.15, 0.2) is 95.5 Å². The molecule has 42 heavy (non-hydrogen) atoms. The molecule has 0 radical (unpaired) electrons. The fourth-order valence-electron chi connectivity index (χ4n) is 5.50. The van der Waals surface area contributed by atoms with Crippen molar-refractivity contribution >= 4 is 50.1 Å². The summed E-state index contributed by atoms with van der Waals surface area (Å²) in [7, 11) is 0. The summed E-state index contributed by atoms with van der Waals surface area (Å²) in [5.74, 6) is -0.0136. The predicted octanol–water partition coefficient (Wildman–Crippen LogP) is 6.76. The van der Waals surface area contributed by atoms with Crippen LogP contribution >= 0.6 is 15.9 Å². The number of carbonyl (C=O) groups is 3. The molecule has 1 unspecified atom stereocenters. The van der Waals surface area contributed by atoms with Crippen molar-refractivity contribution in [3.8, 4) is 0 Å². The summed E-state index contributed by atoms with van der Waals surface area (Å²) < 4.78 is 0.950. The van der Waals surface area contributed by atoms with Crippen LogP contribution in [0.3, 0.4) is 0 Å². The second-order valence-corrected chi connectivity index (χ2v) is 12.1. The molecule has 0 aliphatic carbocycles. The van der Waals surface area contributed by atoms with E-state index in [-0.39, 0.29) is 30.1 Å². The zero-order valence-electron chi connectivity index (χ0n) is 24.1. The maximum atomic E-state index is 14.0. The summed E-state index contributed by atoms with van der Waals surface area (Å²) in [6.45, 7) is 5.37. The minimum Gasteiger partial charge on any atom is -0.354 e. The molecular weight excluding hydrogens is 590 g/mol. The highest BCUT2D eigenvalue weighted by atomic mass is 79.9. The van der Waals surface area contributed by atoms with Crippen LogP contribution in [0, 0.1) is 5.92 Å². The number of nitrogens with zero attached hydrogens (tertiary/aromatic N) is 2. The smallest absolute Gasteiger partial charge is 0.258 e. The molecule has 0 spiro atoms. The molecule has 1 aliphatic heterocycles. The average molecular weight is 627 g/mol. The zero-order chi connectivity index (χ0) is 29.6. The lowest BCUT2D eigenvalue weighted by molar-refractivity contribution is -0.141. The van der Waals surface area contributed by atoms with E-state index in [1.165, 1.54) is 0 Å². The maximum Gasteiger partial charge on any atom is 0.258 e. The summed E-state index contributed by atoms with van der Waals surface area (Å²) in [5, 5.41) is 5.07. The second-order valence-electron chi connectivity index (χ2n) is 11.2. The highest BCUT2D eigenvalue weighted by Crippen LogP contribution is 2.37. The summed E-state index contributed by atoms with van der Waals surface area (Å²) in [6, 6.07) is 28.7. The standard InChI is InChI=1S/C35H36BrN3O3/c1-24(2)22-37-34(41)31(21-25-9-4-3-5-10-25)39(23-26-16-18-28(36)19-17-26)32(40)15-8-20-38-30-14-7-12-27-11-6-13-29(33(27)30)35(38)42/h3-7,9-14,16-19,24,31H,8,15,20-23H2,1-2H3,(H,37,41). The van der Waals surface area contributed by atoms with Crippen LogP contribution in [-0.4, -0.2) is 41.8 Å². The van der Waals surface area contributed by atoms with Crippen molar-refractivity contribution in [1.29, 1.82) is 0 Å². The Balaban J connectivity index is 1.37. The summed E-state index contributed by atoms with van der Waals surface area (Å²) >= 11 is 3.49. The molecule has 5 rings (SSSR count). The highest BCUT2D eigenvalue weighted by Gasteiger charge is 2.32. The van der Waals surface area contributed by atoms with Crippen LogP contribution < -0.4 is 10.2 Å². The normalized spacial score (nSPS) is 13.0. The largest absolute Gasteiger partial charge is 0.354 e. The summed E-state index contributed by atoms with van der Waals surface area (Å²) in [6.07, 6.45) is 1.11. The molecule has 0 bridgehead atoms. The van der Waals surface area contributed by atoms with Gasteiger partial charge in [0.25, 0.3) is 5.91 Å². The van der Waals surface area contributed by atoms with Gasteiger partial charge in [-0.05, 0) is 53.1 Å². The maximum absolute atomic E-state index is 14.0. The number of carbonyl (C=O) groups excluding carboxylic acids is 3. The van der Waals surface area contributed by atoms with E-state index in [0.717, 1.165) is 32.1 Å². The molecular formula is C35H36BrN3O3. The van der Waals surface area contributed by atoms with E-state index in [9.17, 15) is 14.4 Å². The number of halogens is 1. The molecule has 1 heterocycles. The monoisotopic (exact) mass is 625 g/mol. The molecule has 6 nitrogen and oxygen atoms in total. The third-order valence-corrected chi connectivity index (χ3v) is 8.17. The lowest BCUT2D eigenvalue weighted by atomic mass is 10.0. The van der Waals surface area contributed by atoms with Gasteiger partial charge in [0, 0.05) is 47.9 Å². The minimum absolute atomic E-state index is 0.0315. The number of anilines is 1. The van der Waals surface area contributed by atoms with Gasteiger partial charge in [-0.1, -0.05) is 96.5 Å². The number of amides is 3. The van der Waals surface area contributed by atoms with Crippen molar-refractivity contribution in [2.75, 3.05) is 18.0 Å². The van der Waals surface area contributed by atoms with Gasteiger partial charge in [-0.2, -0.15) is 0 Å². The minimum atomic E-state index is -0.672. The van der Waals surface area contributed by atoms with Crippen LogP contribution in [0.2, 0.25) is 0 Å². The van der Waals surface area contributed by atoms with Crippen molar-refractivity contribution < 1.29 is 14.4 Å². The van der Waals surface area contributed by atoms with E-state index in [2.05, 4.69) is 35.1 Å². The van der Waals surface area contributed by atoms with Gasteiger partial charge in [0.05, 0.1) is 5.69 Å². The van der Waals surface area contributed by atoms with E-state index >= 15 is 0 Å². The van der Waals surface area contributed by atoms with Gasteiger partial charge in [0.15, 0.2) is 0 Å². The lowest BCUT2D eigenvalue weighted by Crippen LogP contribution is -2.51. The first-order chi connectivity index (χ1) is 20.3. The van der Waals surface area contributed by atoms with Crippen LogP contribution in [0.4, 0.5) is 5.69 Å². The number of nitrogens with one attached hydrogen (secondary N) is 1. The van der Waals surface area contributed by atoms with Gasteiger partial charge in [0.1, 0.15) is 6.04 Å². The molecule has 4 aromatic carbocycles. The quantitative estimate of drug-likeness (QED) is 0.189. The Hall–Kier alpha value is -3.97. The number of benzene rings is 4. The van der Waals surface area contributed by atoms with Crippen molar-refractivity contribution in [2.24, 2.45) is 5.92 Å². The predicted molar refractivity (Wildman–Crippen MR) is 171 cm³/mol. The van der Waals surface area contributed by atoms with Crippen molar-refractivity contribution in [2.45, 2.75) is 45.7 Å². The summed E-state index contributed by atoms with van der Waals surface area (Å²) in [4.78, 5) is 44.4. The third-order valence-electron chi connectivity index (χ3n) is 7.64. The van der Waals surface area contributed by atoms with E-state index in [4.69, 9.17) is 0 Å². The first kappa shape index (κ1) is 29.5. The Morgan fingerprint density at radius 1 is 0.881 bits per heavy atom. The van der Waals surface area contributed by atoms with Crippen molar-refractivity contribution in [1.82, 2.24) is 10.2 Å². The molecule has 1 N–H and O–H groups in total. The lowest BCUT2D eigenvalue weighted by Gasteiger charge is -2.32. The number of hydrogen-bond donors (Lipinski definition) is 1. The topological polar surface area (TPSA) is 69.7 Å². The van der Waals surface area contributed by atoms with Crippen LogP contribution in [0.25, 0.3) is 10.8 Å². The van der Waals surface area contributed by atoms with Crippen molar-refractivity contribution in [3.05, 3.63) is 112 Å². The third kappa shape index (κ3) is 6.73. The Labute approximate surface area is 255 Å². The summed E-state index contributed by atoms with van der Waals surface area (Å²) in [5.41, 5.74) is 3.53. The molecule has 1 aliphatic rings. The van der Waals surface area contributed by atoms with Gasteiger partial charge in [0.2, 0.25) is 11.8 Å². The molecule has 0 saturated heterocycles. The Bertz CT molecular complexity index is 1560. The molecule has 0 aromatic heterocycles. The fraction of sp³-hybridized carbons (Fsp3) is 0.286. The molecule has 3 amide bonds. The van der Waals surface area contributed by atoms with Crippen LogP contribution in [0.5, 0.6) is 0 Å². The molecule has 0 fully saturated rings. The fourth-order valence-corrected chi connectivity index (χ4v) is 5.76. The Morgan fingerprint density at radius 2 is 1.60 bits per heavy atom. The molecule has 216 valence electrons. The van der Waals surface area contributed by atoms with Gasteiger partial charge in [-0.25, -0.2) is 0 Å². The average Bonchev–Trinajstić information content (AvgIpc) is 3.27. The van der Waals surface area contributed by atoms with E-state index < -0.39 is 6.04 Å².